The van der Waals surface area contributed by atoms with Crippen molar-refractivity contribution in [1.82, 2.24) is 4.90 Å². The van der Waals surface area contributed by atoms with E-state index in [0.29, 0.717) is 17.3 Å². The molecule has 5 heteroatoms. The molecule has 0 aromatic heterocycles. The number of urea groups is 1. The summed E-state index contributed by atoms with van der Waals surface area (Å²) in [5.41, 5.74) is 1.34. The molecule has 1 aromatic carbocycles. The van der Waals surface area contributed by atoms with Crippen molar-refractivity contribution in [3.63, 3.8) is 0 Å². The number of carbonyl (C=O) groups excluding carboxylic acids is 1. The third kappa shape index (κ3) is 2.70. The fourth-order valence-electron chi connectivity index (χ4n) is 2.15. The van der Waals surface area contributed by atoms with Crippen LogP contribution in [-0.2, 0) is 0 Å². The van der Waals surface area contributed by atoms with Gasteiger partial charge in [-0.25, -0.2) is 9.59 Å². The minimum absolute atomic E-state index is 0.185. The van der Waals surface area contributed by atoms with Gasteiger partial charge in [0.05, 0.1) is 5.56 Å². The number of hydrogen-bond donors (Lipinski definition) is 2. The maximum Gasteiger partial charge on any atom is 0.336 e. The van der Waals surface area contributed by atoms with Gasteiger partial charge in [0.1, 0.15) is 0 Å². The quantitative estimate of drug-likeness (QED) is 0.880. The summed E-state index contributed by atoms with van der Waals surface area (Å²) in [6, 6.07) is 5.01. The molecule has 0 aliphatic heterocycles. The van der Waals surface area contributed by atoms with Crippen molar-refractivity contribution in [3.05, 3.63) is 29.3 Å². The van der Waals surface area contributed by atoms with Gasteiger partial charge < -0.3 is 15.3 Å². The number of hydrogen-bond acceptors (Lipinski definition) is 2. The average Bonchev–Trinajstić information content (AvgIpc) is 2.29. The van der Waals surface area contributed by atoms with Crippen LogP contribution in [0.1, 0.15) is 35.2 Å². The molecule has 2 N–H and O–H groups in total. The van der Waals surface area contributed by atoms with Gasteiger partial charge in [0.15, 0.2) is 0 Å². The Labute approximate surface area is 112 Å². The lowest BCUT2D eigenvalue weighted by molar-refractivity contribution is 0.0696. The Hall–Kier alpha value is -2.04. The number of carboxylic acid groups (broad SMARTS) is 1. The normalized spacial score (nSPS) is 14.6. The molecular formula is C14H18N2O3. The van der Waals surface area contributed by atoms with E-state index >= 15 is 0 Å². The van der Waals surface area contributed by atoms with E-state index in [1.165, 1.54) is 6.07 Å². The Morgan fingerprint density at radius 3 is 2.58 bits per heavy atom. The SMILES string of the molecule is Cc1c(NC(=O)N(C)C2CCC2)cccc1C(=O)O. The van der Waals surface area contributed by atoms with Crippen molar-refractivity contribution in [2.24, 2.45) is 0 Å². The van der Waals surface area contributed by atoms with Gasteiger partial charge in [-0.3, -0.25) is 0 Å². The van der Waals surface area contributed by atoms with E-state index in [1.807, 2.05) is 0 Å². The molecule has 5 nitrogen and oxygen atoms in total. The van der Waals surface area contributed by atoms with Crippen molar-refractivity contribution < 1.29 is 14.7 Å². The minimum atomic E-state index is -0.985. The standard InChI is InChI=1S/C14H18N2O3/c1-9-11(13(17)18)7-4-8-12(9)15-14(19)16(2)10-5-3-6-10/h4,7-8,10H,3,5-6H2,1-2H3,(H,15,19)(H,17,18). The van der Waals surface area contributed by atoms with Gasteiger partial charge in [0.25, 0.3) is 0 Å². The van der Waals surface area contributed by atoms with E-state index < -0.39 is 5.97 Å². The number of aromatic carboxylic acids is 1. The first-order chi connectivity index (χ1) is 9.00. The van der Waals surface area contributed by atoms with Gasteiger partial charge in [-0.1, -0.05) is 6.07 Å². The maximum absolute atomic E-state index is 12.0. The van der Waals surface area contributed by atoms with E-state index in [-0.39, 0.29) is 11.6 Å². The molecule has 19 heavy (non-hydrogen) atoms. The summed E-state index contributed by atoms with van der Waals surface area (Å²) < 4.78 is 0. The lowest BCUT2D eigenvalue weighted by atomic mass is 9.92. The summed E-state index contributed by atoms with van der Waals surface area (Å²) in [5.74, 6) is -0.985. The highest BCUT2D eigenvalue weighted by Crippen LogP contribution is 2.25. The number of nitrogens with one attached hydrogen (secondary N) is 1. The summed E-state index contributed by atoms with van der Waals surface area (Å²) in [7, 11) is 1.77. The second kappa shape index (κ2) is 5.30. The van der Waals surface area contributed by atoms with Crippen LogP contribution in [0.3, 0.4) is 0 Å². The predicted molar refractivity (Wildman–Crippen MR) is 72.6 cm³/mol. The van der Waals surface area contributed by atoms with Gasteiger partial charge in [-0.2, -0.15) is 0 Å². The molecule has 1 aromatic rings. The molecule has 0 atom stereocenters. The Morgan fingerprint density at radius 1 is 1.37 bits per heavy atom. The summed E-state index contributed by atoms with van der Waals surface area (Å²) in [5, 5.41) is 11.8. The largest absolute Gasteiger partial charge is 0.478 e. The molecule has 0 saturated heterocycles. The van der Waals surface area contributed by atoms with Gasteiger partial charge in [0.2, 0.25) is 0 Å². The lowest BCUT2D eigenvalue weighted by Crippen LogP contribution is -2.43. The third-order valence-corrected chi connectivity index (χ3v) is 3.75. The molecule has 0 radical (unpaired) electrons. The van der Waals surface area contributed by atoms with Crippen LogP contribution >= 0.6 is 0 Å². The van der Waals surface area contributed by atoms with Crippen LogP contribution in [0.4, 0.5) is 10.5 Å². The highest BCUT2D eigenvalue weighted by Gasteiger charge is 2.26. The first-order valence-electron chi connectivity index (χ1n) is 6.37. The van der Waals surface area contributed by atoms with Gasteiger partial charge in [-0.05, 0) is 43.9 Å². The van der Waals surface area contributed by atoms with E-state index in [1.54, 1.807) is 31.0 Å². The lowest BCUT2D eigenvalue weighted by Gasteiger charge is -2.34. The highest BCUT2D eigenvalue weighted by atomic mass is 16.4. The van der Waals surface area contributed by atoms with Gasteiger partial charge >= 0.3 is 12.0 Å². The molecule has 2 amide bonds. The Balaban J connectivity index is 2.12. The second-order valence-corrected chi connectivity index (χ2v) is 4.91. The van der Waals surface area contributed by atoms with Gasteiger partial charge in [0, 0.05) is 18.8 Å². The number of carbonyl (C=O) groups is 2. The topological polar surface area (TPSA) is 69.6 Å². The van der Waals surface area contributed by atoms with E-state index in [0.717, 1.165) is 19.3 Å². The Kier molecular flexibility index (Phi) is 3.74. The highest BCUT2D eigenvalue weighted by molar-refractivity contribution is 5.95. The first kappa shape index (κ1) is 13.4. The van der Waals surface area contributed by atoms with Crippen molar-refractivity contribution in [3.8, 4) is 0 Å². The average molecular weight is 262 g/mol. The van der Waals surface area contributed by atoms with Crippen LogP contribution in [-0.4, -0.2) is 35.1 Å². The molecule has 1 saturated carbocycles. The molecule has 0 heterocycles. The predicted octanol–water partition coefficient (Wildman–Crippen LogP) is 2.71. The second-order valence-electron chi connectivity index (χ2n) is 4.91. The Morgan fingerprint density at radius 2 is 2.05 bits per heavy atom. The number of nitrogens with zero attached hydrogens (tertiary/aromatic N) is 1. The van der Waals surface area contributed by atoms with Crippen molar-refractivity contribution in [1.29, 1.82) is 0 Å². The number of rotatable bonds is 3. The van der Waals surface area contributed by atoms with E-state index in [4.69, 9.17) is 5.11 Å². The van der Waals surface area contributed by atoms with Crippen molar-refractivity contribution in [2.75, 3.05) is 12.4 Å². The summed E-state index contributed by atoms with van der Waals surface area (Å²) in [6.45, 7) is 1.70. The maximum atomic E-state index is 12.0. The van der Waals surface area contributed by atoms with Crippen LogP contribution < -0.4 is 5.32 Å². The third-order valence-electron chi connectivity index (χ3n) is 3.75. The van der Waals surface area contributed by atoms with Crippen molar-refractivity contribution >= 4 is 17.7 Å². The molecular weight excluding hydrogens is 244 g/mol. The molecule has 0 unspecified atom stereocenters. The number of carboxylic acids is 1. The summed E-state index contributed by atoms with van der Waals surface area (Å²) >= 11 is 0. The molecule has 1 aliphatic rings. The number of benzene rings is 1. The molecule has 0 bridgehead atoms. The molecule has 0 spiro atoms. The van der Waals surface area contributed by atoms with Crippen LogP contribution in [0.15, 0.2) is 18.2 Å². The fraction of sp³-hybridized carbons (Fsp3) is 0.429. The zero-order valence-corrected chi connectivity index (χ0v) is 11.1. The van der Waals surface area contributed by atoms with Gasteiger partial charge in [-0.15, -0.1) is 0 Å². The fourth-order valence-corrected chi connectivity index (χ4v) is 2.15. The summed E-state index contributed by atoms with van der Waals surface area (Å²) in [6.07, 6.45) is 3.24. The molecule has 2 rings (SSSR count). The number of anilines is 1. The molecule has 102 valence electrons. The van der Waals surface area contributed by atoms with E-state index in [9.17, 15) is 9.59 Å². The van der Waals surface area contributed by atoms with E-state index in [2.05, 4.69) is 5.32 Å². The zero-order valence-electron chi connectivity index (χ0n) is 11.1. The van der Waals surface area contributed by atoms with Crippen LogP contribution in [0.2, 0.25) is 0 Å². The minimum Gasteiger partial charge on any atom is -0.478 e. The van der Waals surface area contributed by atoms with Crippen molar-refractivity contribution in [2.45, 2.75) is 32.2 Å². The van der Waals surface area contributed by atoms with Crippen LogP contribution in [0.25, 0.3) is 0 Å². The van der Waals surface area contributed by atoms with Crippen LogP contribution in [0, 0.1) is 6.92 Å². The summed E-state index contributed by atoms with van der Waals surface area (Å²) in [4.78, 5) is 24.8. The Bertz CT molecular complexity index is 509. The molecule has 1 aliphatic carbocycles. The number of amides is 2. The zero-order chi connectivity index (χ0) is 14.0. The molecule has 1 fully saturated rings. The van der Waals surface area contributed by atoms with Crippen LogP contribution in [0.5, 0.6) is 0 Å². The smallest absolute Gasteiger partial charge is 0.336 e. The first-order valence-corrected chi connectivity index (χ1v) is 6.37. The monoisotopic (exact) mass is 262 g/mol.